The first-order valence-corrected chi connectivity index (χ1v) is 7.82. The molecule has 1 heterocycles. The molecule has 0 aromatic heterocycles. The largest absolute Gasteiger partial charge is 0.317 e. The maximum atomic E-state index is 12.5. The van der Waals surface area contributed by atoms with Crippen LogP contribution in [-0.4, -0.2) is 31.5 Å². The summed E-state index contributed by atoms with van der Waals surface area (Å²) in [5, 5.41) is 7.65. The Morgan fingerprint density at radius 1 is 1.30 bits per heavy atom. The molecule has 1 saturated heterocycles. The summed E-state index contributed by atoms with van der Waals surface area (Å²) in [5.74, 6) is 0.291. The van der Waals surface area contributed by atoms with Crippen LogP contribution in [0.1, 0.15) is 42.7 Å². The second-order valence-electron chi connectivity index (χ2n) is 5.88. The molecule has 3 rings (SSSR count). The summed E-state index contributed by atoms with van der Waals surface area (Å²) in [7, 11) is 0. The highest BCUT2D eigenvalue weighted by atomic mass is 35.5. The molecular formula is C16H21ClN2O. The van der Waals surface area contributed by atoms with Gasteiger partial charge in [0, 0.05) is 23.5 Å². The lowest BCUT2D eigenvalue weighted by Crippen LogP contribution is -2.42. The minimum atomic E-state index is -0.0245. The van der Waals surface area contributed by atoms with Crippen LogP contribution in [-0.2, 0) is 4.79 Å². The maximum absolute atomic E-state index is 12.5. The standard InChI is InChI=1S/C16H21ClN2O/c1-10-14-8-11(17)2-3-13(14)15(16(10)20)9-19-12-4-6-18-7-5-12/h2-3,8,10,12,15,18-19H,4-7,9H2,1H3/t10?,15-/m1/s1. The third-order valence-electron chi connectivity index (χ3n) is 4.61. The molecule has 2 atom stereocenters. The van der Waals surface area contributed by atoms with Gasteiger partial charge in [-0.05, 0) is 49.2 Å². The van der Waals surface area contributed by atoms with Gasteiger partial charge in [-0.1, -0.05) is 24.6 Å². The van der Waals surface area contributed by atoms with Crippen molar-refractivity contribution >= 4 is 17.4 Å². The highest BCUT2D eigenvalue weighted by Crippen LogP contribution is 2.39. The van der Waals surface area contributed by atoms with Gasteiger partial charge < -0.3 is 10.6 Å². The van der Waals surface area contributed by atoms with Crippen LogP contribution >= 0.6 is 11.6 Å². The number of halogens is 1. The maximum Gasteiger partial charge on any atom is 0.148 e. The molecule has 0 bridgehead atoms. The Balaban J connectivity index is 1.72. The van der Waals surface area contributed by atoms with Crippen molar-refractivity contribution in [3.8, 4) is 0 Å². The Kier molecular flexibility index (Phi) is 4.11. The summed E-state index contributed by atoms with van der Waals surface area (Å²) in [6, 6.07) is 6.40. The highest BCUT2D eigenvalue weighted by molar-refractivity contribution is 6.30. The van der Waals surface area contributed by atoms with Crippen molar-refractivity contribution in [2.24, 2.45) is 0 Å². The molecule has 4 heteroatoms. The van der Waals surface area contributed by atoms with Crippen molar-refractivity contribution < 1.29 is 4.79 Å². The van der Waals surface area contributed by atoms with Crippen molar-refractivity contribution in [3.05, 3.63) is 34.3 Å². The van der Waals surface area contributed by atoms with E-state index in [1.165, 1.54) is 0 Å². The van der Waals surface area contributed by atoms with E-state index in [1.807, 2.05) is 25.1 Å². The number of hydrogen-bond acceptors (Lipinski definition) is 3. The Morgan fingerprint density at radius 2 is 2.05 bits per heavy atom. The van der Waals surface area contributed by atoms with E-state index in [9.17, 15) is 4.79 Å². The molecule has 3 nitrogen and oxygen atoms in total. The Labute approximate surface area is 125 Å². The monoisotopic (exact) mass is 292 g/mol. The summed E-state index contributed by atoms with van der Waals surface area (Å²) in [6.07, 6.45) is 2.29. The van der Waals surface area contributed by atoms with Gasteiger partial charge in [0.05, 0.1) is 5.92 Å². The smallest absolute Gasteiger partial charge is 0.148 e. The van der Waals surface area contributed by atoms with Crippen LogP contribution in [0.15, 0.2) is 18.2 Å². The molecule has 0 amide bonds. The van der Waals surface area contributed by atoms with Gasteiger partial charge in [0.1, 0.15) is 5.78 Å². The van der Waals surface area contributed by atoms with Crippen molar-refractivity contribution in [3.63, 3.8) is 0 Å². The molecule has 20 heavy (non-hydrogen) atoms. The van der Waals surface area contributed by atoms with Crippen molar-refractivity contribution in [1.29, 1.82) is 0 Å². The number of nitrogens with one attached hydrogen (secondary N) is 2. The zero-order valence-electron chi connectivity index (χ0n) is 11.8. The zero-order chi connectivity index (χ0) is 14.1. The number of rotatable bonds is 3. The normalized spacial score (nSPS) is 26.8. The first kappa shape index (κ1) is 14.1. The van der Waals surface area contributed by atoms with E-state index in [-0.39, 0.29) is 11.8 Å². The average Bonchev–Trinajstić information content (AvgIpc) is 2.70. The van der Waals surface area contributed by atoms with Crippen LogP contribution in [0.5, 0.6) is 0 Å². The fourth-order valence-electron chi connectivity index (χ4n) is 3.37. The summed E-state index contributed by atoms with van der Waals surface area (Å²) < 4.78 is 0. The topological polar surface area (TPSA) is 41.1 Å². The second-order valence-corrected chi connectivity index (χ2v) is 6.32. The molecule has 0 radical (unpaired) electrons. The molecule has 1 aromatic carbocycles. The number of Topliss-reactive ketones (excluding diaryl/α,β-unsaturated/α-hetero) is 1. The fraction of sp³-hybridized carbons (Fsp3) is 0.562. The van der Waals surface area contributed by atoms with Crippen molar-refractivity contribution in [1.82, 2.24) is 10.6 Å². The lowest BCUT2D eigenvalue weighted by atomic mass is 9.98. The molecule has 108 valence electrons. The predicted molar refractivity (Wildman–Crippen MR) is 81.5 cm³/mol. The predicted octanol–water partition coefficient (Wildman–Crippen LogP) is 2.45. The molecule has 1 unspecified atom stereocenters. The van der Waals surface area contributed by atoms with Crippen LogP contribution in [0.4, 0.5) is 0 Å². The number of carbonyl (C=O) groups is 1. The highest BCUT2D eigenvalue weighted by Gasteiger charge is 2.36. The minimum Gasteiger partial charge on any atom is -0.317 e. The Hall–Kier alpha value is -0.900. The first-order valence-electron chi connectivity index (χ1n) is 7.44. The molecule has 1 aliphatic heterocycles. The summed E-state index contributed by atoms with van der Waals surface area (Å²) in [6.45, 7) is 4.88. The molecule has 1 aliphatic carbocycles. The molecule has 2 N–H and O–H groups in total. The fourth-order valence-corrected chi connectivity index (χ4v) is 3.55. The van der Waals surface area contributed by atoms with Crippen LogP contribution in [0.3, 0.4) is 0 Å². The van der Waals surface area contributed by atoms with Gasteiger partial charge >= 0.3 is 0 Å². The number of carbonyl (C=O) groups excluding carboxylic acids is 1. The van der Waals surface area contributed by atoms with Crippen LogP contribution in [0.2, 0.25) is 5.02 Å². The van der Waals surface area contributed by atoms with Gasteiger partial charge in [0.2, 0.25) is 0 Å². The van der Waals surface area contributed by atoms with Gasteiger partial charge in [-0.15, -0.1) is 0 Å². The van der Waals surface area contributed by atoms with E-state index >= 15 is 0 Å². The van der Waals surface area contributed by atoms with Crippen LogP contribution in [0.25, 0.3) is 0 Å². The van der Waals surface area contributed by atoms with Crippen molar-refractivity contribution in [2.45, 2.75) is 37.6 Å². The quantitative estimate of drug-likeness (QED) is 0.899. The number of benzene rings is 1. The number of fused-ring (bicyclic) bond motifs is 1. The molecule has 2 aliphatic rings. The van der Waals surface area contributed by atoms with E-state index in [2.05, 4.69) is 10.6 Å². The van der Waals surface area contributed by atoms with E-state index < -0.39 is 0 Å². The number of ketones is 1. The zero-order valence-corrected chi connectivity index (χ0v) is 12.5. The van der Waals surface area contributed by atoms with Gasteiger partial charge in [-0.2, -0.15) is 0 Å². The van der Waals surface area contributed by atoms with Crippen LogP contribution < -0.4 is 10.6 Å². The van der Waals surface area contributed by atoms with E-state index in [4.69, 9.17) is 11.6 Å². The van der Waals surface area contributed by atoms with Crippen LogP contribution in [0, 0.1) is 0 Å². The molecule has 1 aromatic rings. The summed E-state index contributed by atoms with van der Waals surface area (Å²) >= 11 is 6.05. The third-order valence-corrected chi connectivity index (χ3v) is 4.85. The third kappa shape index (κ3) is 2.62. The van der Waals surface area contributed by atoms with Crippen molar-refractivity contribution in [2.75, 3.05) is 19.6 Å². The molecule has 0 spiro atoms. The lowest BCUT2D eigenvalue weighted by Gasteiger charge is -2.25. The molecule has 1 fully saturated rings. The SMILES string of the molecule is CC1C(=O)[C@H](CNC2CCNCC2)c2ccc(Cl)cc21. The van der Waals surface area contributed by atoms with Gasteiger partial charge in [0.15, 0.2) is 0 Å². The number of hydrogen-bond donors (Lipinski definition) is 2. The van der Waals surface area contributed by atoms with E-state index in [0.29, 0.717) is 11.8 Å². The van der Waals surface area contributed by atoms with E-state index in [1.54, 1.807) is 0 Å². The average molecular weight is 293 g/mol. The van der Waals surface area contributed by atoms with E-state index in [0.717, 1.165) is 48.6 Å². The molecular weight excluding hydrogens is 272 g/mol. The van der Waals surface area contributed by atoms with Gasteiger partial charge in [0.25, 0.3) is 0 Å². The Morgan fingerprint density at radius 3 is 2.80 bits per heavy atom. The summed E-state index contributed by atoms with van der Waals surface area (Å²) in [5.41, 5.74) is 2.27. The van der Waals surface area contributed by atoms with Gasteiger partial charge in [-0.3, -0.25) is 4.79 Å². The van der Waals surface area contributed by atoms with Gasteiger partial charge in [-0.25, -0.2) is 0 Å². The first-order chi connectivity index (χ1) is 9.66. The Bertz CT molecular complexity index is 511. The summed E-state index contributed by atoms with van der Waals surface area (Å²) in [4.78, 5) is 12.5. The lowest BCUT2D eigenvalue weighted by molar-refractivity contribution is -0.120. The number of piperidine rings is 1. The minimum absolute atomic E-state index is 0.00727. The molecule has 0 saturated carbocycles. The second kappa shape index (κ2) is 5.84.